The maximum absolute atomic E-state index is 5.89. The van der Waals surface area contributed by atoms with E-state index in [4.69, 9.17) is 10.5 Å². The van der Waals surface area contributed by atoms with Crippen molar-refractivity contribution in [2.75, 3.05) is 19.6 Å². The third kappa shape index (κ3) is 4.09. The van der Waals surface area contributed by atoms with Crippen molar-refractivity contribution in [2.45, 2.75) is 38.5 Å². The molecule has 1 aromatic rings. The zero-order chi connectivity index (χ0) is 12.8. The quantitative estimate of drug-likeness (QED) is 0.837. The minimum atomic E-state index is 0.385. The Hall–Kier alpha value is -0.900. The molecule has 1 aliphatic heterocycles. The summed E-state index contributed by atoms with van der Waals surface area (Å²) in [4.78, 5) is 2.40. The van der Waals surface area contributed by atoms with Crippen LogP contribution in [0.25, 0.3) is 0 Å². The fraction of sp³-hybridized carbons (Fsp3) is 0.600. The van der Waals surface area contributed by atoms with Crippen molar-refractivity contribution in [3.8, 4) is 0 Å². The van der Waals surface area contributed by atoms with E-state index in [1.165, 1.54) is 18.4 Å². The second kappa shape index (κ2) is 6.88. The highest BCUT2D eigenvalue weighted by Crippen LogP contribution is 2.20. The van der Waals surface area contributed by atoms with E-state index in [1.54, 1.807) is 0 Å². The Labute approximate surface area is 110 Å². The summed E-state index contributed by atoms with van der Waals surface area (Å²) in [5.41, 5.74) is 7.05. The Morgan fingerprint density at radius 3 is 2.67 bits per heavy atom. The second-order valence-electron chi connectivity index (χ2n) is 5.16. The number of ether oxygens (including phenoxy) is 1. The molecule has 0 radical (unpaired) electrons. The van der Waals surface area contributed by atoms with Gasteiger partial charge in [-0.25, -0.2) is 0 Å². The molecule has 0 spiro atoms. The predicted molar refractivity (Wildman–Crippen MR) is 74.3 cm³/mol. The number of benzene rings is 1. The van der Waals surface area contributed by atoms with E-state index >= 15 is 0 Å². The number of hydrogen-bond donors (Lipinski definition) is 1. The molecule has 2 rings (SSSR count). The van der Waals surface area contributed by atoms with Crippen LogP contribution in [-0.2, 0) is 11.3 Å². The van der Waals surface area contributed by atoms with Gasteiger partial charge in [0.1, 0.15) is 0 Å². The molecule has 0 bridgehead atoms. The highest BCUT2D eigenvalue weighted by Gasteiger charge is 2.23. The predicted octanol–water partition coefficient (Wildman–Crippen LogP) is 2.01. The molecule has 1 aromatic carbocycles. The lowest BCUT2D eigenvalue weighted by atomic mass is 10.1. The third-order valence-electron chi connectivity index (χ3n) is 3.48. The zero-order valence-electron chi connectivity index (χ0n) is 11.2. The fourth-order valence-electron chi connectivity index (χ4n) is 2.57. The van der Waals surface area contributed by atoms with E-state index in [1.807, 2.05) is 0 Å². The molecule has 3 heteroatoms. The molecule has 1 fully saturated rings. The lowest BCUT2D eigenvalue weighted by Gasteiger charge is -2.25. The Kier molecular flexibility index (Phi) is 5.17. The summed E-state index contributed by atoms with van der Waals surface area (Å²) in [5.74, 6) is 0. The van der Waals surface area contributed by atoms with Gasteiger partial charge in [0.2, 0.25) is 0 Å². The topological polar surface area (TPSA) is 38.5 Å². The number of hydrogen-bond acceptors (Lipinski definition) is 3. The average molecular weight is 248 g/mol. The Balaban J connectivity index is 1.87. The lowest BCUT2D eigenvalue weighted by Crippen LogP contribution is -2.35. The van der Waals surface area contributed by atoms with Crippen molar-refractivity contribution in [2.24, 2.45) is 5.73 Å². The van der Waals surface area contributed by atoms with Crippen LogP contribution in [0, 0.1) is 0 Å². The van der Waals surface area contributed by atoms with Crippen LogP contribution >= 0.6 is 0 Å². The summed E-state index contributed by atoms with van der Waals surface area (Å²) in [6, 6.07) is 10.6. The van der Waals surface area contributed by atoms with Crippen molar-refractivity contribution in [3.63, 3.8) is 0 Å². The molecule has 1 saturated heterocycles. The molecule has 2 unspecified atom stereocenters. The van der Waals surface area contributed by atoms with E-state index in [-0.39, 0.29) is 0 Å². The van der Waals surface area contributed by atoms with Crippen molar-refractivity contribution < 1.29 is 4.74 Å². The van der Waals surface area contributed by atoms with Gasteiger partial charge in [0, 0.05) is 26.2 Å². The molecule has 18 heavy (non-hydrogen) atoms. The largest absolute Gasteiger partial charge is 0.374 e. The van der Waals surface area contributed by atoms with Crippen LogP contribution in [0.5, 0.6) is 0 Å². The van der Waals surface area contributed by atoms with E-state index in [9.17, 15) is 0 Å². The Morgan fingerprint density at radius 1 is 1.28 bits per heavy atom. The molecule has 1 heterocycles. The minimum Gasteiger partial charge on any atom is -0.374 e. The standard InChI is InChI=1S/C15H24N2O/c1-13-7-8-15(18-13)12-17(10-9-16)11-14-5-3-2-4-6-14/h2-6,13,15H,7-12,16H2,1H3. The number of nitrogens with two attached hydrogens (primary N) is 1. The molecule has 3 nitrogen and oxygen atoms in total. The Morgan fingerprint density at radius 2 is 2.06 bits per heavy atom. The van der Waals surface area contributed by atoms with Gasteiger partial charge in [0.25, 0.3) is 0 Å². The van der Waals surface area contributed by atoms with Crippen LogP contribution in [0.2, 0.25) is 0 Å². The van der Waals surface area contributed by atoms with E-state index in [0.717, 1.165) is 19.6 Å². The first kappa shape index (κ1) is 13.5. The maximum Gasteiger partial charge on any atom is 0.0706 e. The van der Waals surface area contributed by atoms with Crippen molar-refractivity contribution in [1.29, 1.82) is 0 Å². The van der Waals surface area contributed by atoms with Crippen LogP contribution in [0.1, 0.15) is 25.3 Å². The van der Waals surface area contributed by atoms with Crippen molar-refractivity contribution in [1.82, 2.24) is 4.90 Å². The van der Waals surface area contributed by atoms with Crippen LogP contribution in [0.4, 0.5) is 0 Å². The first-order valence-electron chi connectivity index (χ1n) is 6.89. The molecule has 2 N–H and O–H groups in total. The van der Waals surface area contributed by atoms with Gasteiger partial charge in [0.05, 0.1) is 12.2 Å². The number of rotatable bonds is 6. The molecular formula is C15H24N2O. The van der Waals surface area contributed by atoms with Crippen LogP contribution in [0.15, 0.2) is 30.3 Å². The molecular weight excluding hydrogens is 224 g/mol. The second-order valence-corrected chi connectivity index (χ2v) is 5.16. The first-order valence-corrected chi connectivity index (χ1v) is 6.89. The van der Waals surface area contributed by atoms with Crippen LogP contribution < -0.4 is 5.73 Å². The summed E-state index contributed by atoms with van der Waals surface area (Å²) in [5, 5.41) is 0. The average Bonchev–Trinajstić information content (AvgIpc) is 2.76. The summed E-state index contributed by atoms with van der Waals surface area (Å²) in [6.07, 6.45) is 3.17. The summed E-state index contributed by atoms with van der Waals surface area (Å²) in [6.45, 7) is 5.76. The van der Waals surface area contributed by atoms with Gasteiger partial charge in [0.15, 0.2) is 0 Å². The SMILES string of the molecule is CC1CCC(CN(CCN)Cc2ccccc2)O1. The van der Waals surface area contributed by atoms with Gasteiger partial charge in [-0.15, -0.1) is 0 Å². The smallest absolute Gasteiger partial charge is 0.0706 e. The monoisotopic (exact) mass is 248 g/mol. The normalized spacial score (nSPS) is 23.7. The van der Waals surface area contributed by atoms with Gasteiger partial charge in [-0.05, 0) is 25.3 Å². The van der Waals surface area contributed by atoms with Crippen LogP contribution in [-0.4, -0.2) is 36.7 Å². The molecule has 100 valence electrons. The summed E-state index contributed by atoms with van der Waals surface area (Å²) < 4.78 is 5.89. The molecule has 0 saturated carbocycles. The first-order chi connectivity index (χ1) is 8.78. The van der Waals surface area contributed by atoms with E-state index in [2.05, 4.69) is 42.2 Å². The van der Waals surface area contributed by atoms with E-state index in [0.29, 0.717) is 18.8 Å². The summed E-state index contributed by atoms with van der Waals surface area (Å²) >= 11 is 0. The highest BCUT2D eigenvalue weighted by atomic mass is 16.5. The van der Waals surface area contributed by atoms with Gasteiger partial charge in [-0.2, -0.15) is 0 Å². The molecule has 0 amide bonds. The summed E-state index contributed by atoms with van der Waals surface area (Å²) in [7, 11) is 0. The van der Waals surface area contributed by atoms with Crippen molar-refractivity contribution in [3.05, 3.63) is 35.9 Å². The van der Waals surface area contributed by atoms with Crippen LogP contribution in [0.3, 0.4) is 0 Å². The zero-order valence-corrected chi connectivity index (χ0v) is 11.2. The fourth-order valence-corrected chi connectivity index (χ4v) is 2.57. The molecule has 2 atom stereocenters. The lowest BCUT2D eigenvalue weighted by molar-refractivity contribution is 0.0304. The highest BCUT2D eigenvalue weighted by molar-refractivity contribution is 5.14. The molecule has 0 aliphatic carbocycles. The number of nitrogens with zero attached hydrogens (tertiary/aromatic N) is 1. The third-order valence-corrected chi connectivity index (χ3v) is 3.48. The van der Waals surface area contributed by atoms with Gasteiger partial charge in [-0.1, -0.05) is 30.3 Å². The van der Waals surface area contributed by atoms with Gasteiger partial charge in [-0.3, -0.25) is 4.90 Å². The minimum absolute atomic E-state index is 0.385. The van der Waals surface area contributed by atoms with E-state index < -0.39 is 0 Å². The van der Waals surface area contributed by atoms with Gasteiger partial charge >= 0.3 is 0 Å². The molecule has 0 aromatic heterocycles. The van der Waals surface area contributed by atoms with Crippen molar-refractivity contribution >= 4 is 0 Å². The Bertz CT molecular complexity index is 342. The molecule has 1 aliphatic rings. The van der Waals surface area contributed by atoms with Gasteiger partial charge < -0.3 is 10.5 Å². The maximum atomic E-state index is 5.89.